The Morgan fingerprint density at radius 2 is 2.12 bits per heavy atom. The van der Waals surface area contributed by atoms with Crippen molar-refractivity contribution in [2.24, 2.45) is 0 Å². The van der Waals surface area contributed by atoms with E-state index in [-0.39, 0.29) is 0 Å². The number of methoxy groups -OCH3 is 1. The Kier molecular flexibility index (Phi) is 3.45. The van der Waals surface area contributed by atoms with Gasteiger partial charge in [0.15, 0.2) is 0 Å². The summed E-state index contributed by atoms with van der Waals surface area (Å²) in [6.45, 7) is 3.89. The molecule has 0 bridgehead atoms. The quantitative estimate of drug-likeness (QED) is 0.909. The molecule has 0 aliphatic carbocycles. The van der Waals surface area contributed by atoms with Crippen molar-refractivity contribution in [2.75, 3.05) is 7.11 Å². The van der Waals surface area contributed by atoms with E-state index < -0.39 is 6.10 Å². The zero-order valence-electron chi connectivity index (χ0n) is 10.1. The van der Waals surface area contributed by atoms with Gasteiger partial charge in [-0.05, 0) is 37.1 Å². The minimum absolute atomic E-state index is 0.661. The third-order valence-electron chi connectivity index (χ3n) is 2.69. The highest BCUT2D eigenvalue weighted by Gasteiger charge is 2.15. The molecule has 0 aliphatic heterocycles. The van der Waals surface area contributed by atoms with Gasteiger partial charge in [-0.3, -0.25) is 0 Å². The first-order chi connectivity index (χ1) is 8.11. The lowest BCUT2D eigenvalue weighted by molar-refractivity contribution is 0.215. The number of aryl methyl sites for hydroxylation is 2. The zero-order chi connectivity index (χ0) is 12.4. The van der Waals surface area contributed by atoms with Crippen LogP contribution in [0.5, 0.6) is 5.75 Å². The molecule has 1 heterocycles. The Morgan fingerprint density at radius 3 is 2.65 bits per heavy atom. The number of nitrogens with zero attached hydrogens (tertiary/aromatic N) is 1. The molecule has 17 heavy (non-hydrogen) atoms. The Bertz CT molecular complexity index is 522. The summed E-state index contributed by atoms with van der Waals surface area (Å²) < 4.78 is 5.14. The molecule has 0 fully saturated rings. The van der Waals surface area contributed by atoms with E-state index in [1.807, 2.05) is 37.4 Å². The lowest BCUT2D eigenvalue weighted by Crippen LogP contribution is -2.02. The fourth-order valence-electron chi connectivity index (χ4n) is 1.75. The van der Waals surface area contributed by atoms with E-state index >= 15 is 0 Å². The molecule has 2 aromatic rings. The van der Waals surface area contributed by atoms with Crippen molar-refractivity contribution in [1.82, 2.24) is 4.98 Å². The van der Waals surface area contributed by atoms with Gasteiger partial charge in [-0.2, -0.15) is 0 Å². The van der Waals surface area contributed by atoms with Crippen LogP contribution in [0.3, 0.4) is 0 Å². The van der Waals surface area contributed by atoms with Gasteiger partial charge in [-0.25, -0.2) is 4.98 Å². The molecule has 1 aromatic heterocycles. The Balaban J connectivity index is 2.34. The number of aliphatic hydroxyl groups excluding tert-OH is 1. The van der Waals surface area contributed by atoms with Gasteiger partial charge in [-0.15, -0.1) is 11.3 Å². The van der Waals surface area contributed by atoms with Gasteiger partial charge in [-0.1, -0.05) is 6.07 Å². The first-order valence-electron chi connectivity index (χ1n) is 5.36. The summed E-state index contributed by atoms with van der Waals surface area (Å²) in [5.41, 5.74) is 2.58. The third kappa shape index (κ3) is 2.48. The molecule has 3 nitrogen and oxygen atoms in total. The molecule has 2 rings (SSSR count). The van der Waals surface area contributed by atoms with Gasteiger partial charge in [0.25, 0.3) is 0 Å². The van der Waals surface area contributed by atoms with Crippen molar-refractivity contribution in [3.05, 3.63) is 45.4 Å². The monoisotopic (exact) mass is 249 g/mol. The number of hydrogen-bond donors (Lipinski definition) is 1. The molecule has 0 amide bonds. The van der Waals surface area contributed by atoms with Gasteiger partial charge >= 0.3 is 0 Å². The Morgan fingerprint density at radius 1 is 1.35 bits per heavy atom. The zero-order valence-corrected chi connectivity index (χ0v) is 10.9. The number of hydrogen-bond acceptors (Lipinski definition) is 4. The summed E-state index contributed by atoms with van der Waals surface area (Å²) in [6, 6.07) is 5.65. The number of thiazole rings is 1. The molecule has 4 heteroatoms. The maximum atomic E-state index is 10.3. The highest BCUT2D eigenvalue weighted by Crippen LogP contribution is 2.27. The summed E-state index contributed by atoms with van der Waals surface area (Å²) in [7, 11) is 1.63. The number of aliphatic hydroxyl groups is 1. The average Bonchev–Trinajstić information content (AvgIpc) is 2.75. The minimum atomic E-state index is -0.661. The van der Waals surface area contributed by atoms with E-state index in [0.29, 0.717) is 5.69 Å². The molecular formula is C13H15NO2S. The van der Waals surface area contributed by atoms with Crippen LogP contribution in [0.2, 0.25) is 0 Å². The van der Waals surface area contributed by atoms with Crippen molar-refractivity contribution < 1.29 is 9.84 Å². The first kappa shape index (κ1) is 12.1. The van der Waals surface area contributed by atoms with Crippen LogP contribution in [0.1, 0.15) is 27.9 Å². The van der Waals surface area contributed by atoms with Gasteiger partial charge in [0, 0.05) is 5.38 Å². The minimum Gasteiger partial charge on any atom is -0.497 e. The van der Waals surface area contributed by atoms with Gasteiger partial charge in [0.2, 0.25) is 0 Å². The molecule has 1 aromatic carbocycles. The molecule has 0 saturated heterocycles. The fourth-order valence-corrected chi connectivity index (χ4v) is 2.38. The summed E-state index contributed by atoms with van der Waals surface area (Å²) >= 11 is 1.55. The van der Waals surface area contributed by atoms with Crippen LogP contribution in [0.15, 0.2) is 23.6 Å². The second-order valence-corrected chi connectivity index (χ2v) is 4.98. The summed E-state index contributed by atoms with van der Waals surface area (Å²) in [5.74, 6) is 0.799. The highest BCUT2D eigenvalue weighted by atomic mass is 32.1. The van der Waals surface area contributed by atoms with Gasteiger partial charge in [0.05, 0.1) is 17.8 Å². The third-order valence-corrected chi connectivity index (χ3v) is 3.48. The maximum absolute atomic E-state index is 10.3. The first-order valence-corrected chi connectivity index (χ1v) is 6.24. The summed E-state index contributed by atoms with van der Waals surface area (Å²) in [6.07, 6.45) is -0.661. The number of rotatable bonds is 3. The van der Waals surface area contributed by atoms with Crippen LogP contribution in [-0.4, -0.2) is 17.2 Å². The van der Waals surface area contributed by atoms with E-state index in [4.69, 9.17) is 4.74 Å². The normalized spacial score (nSPS) is 12.5. The molecule has 0 radical (unpaired) electrons. The molecule has 90 valence electrons. The molecule has 1 unspecified atom stereocenters. The fraction of sp³-hybridized carbons (Fsp3) is 0.308. The average molecular weight is 249 g/mol. The van der Waals surface area contributed by atoms with Crippen molar-refractivity contribution in [3.8, 4) is 5.75 Å². The van der Waals surface area contributed by atoms with Crippen LogP contribution >= 0.6 is 11.3 Å². The van der Waals surface area contributed by atoms with E-state index in [0.717, 1.165) is 21.9 Å². The van der Waals surface area contributed by atoms with Crippen molar-refractivity contribution in [3.63, 3.8) is 0 Å². The van der Waals surface area contributed by atoms with Crippen LogP contribution < -0.4 is 4.74 Å². The van der Waals surface area contributed by atoms with E-state index in [9.17, 15) is 5.11 Å². The molecular weight excluding hydrogens is 234 g/mol. The summed E-state index contributed by atoms with van der Waals surface area (Å²) in [5, 5.41) is 13.1. The number of benzene rings is 1. The van der Waals surface area contributed by atoms with Gasteiger partial charge in [0.1, 0.15) is 11.9 Å². The largest absolute Gasteiger partial charge is 0.497 e. The van der Waals surface area contributed by atoms with E-state index in [1.54, 1.807) is 18.4 Å². The molecule has 1 atom stereocenters. The van der Waals surface area contributed by atoms with E-state index in [1.165, 1.54) is 0 Å². The lowest BCUT2D eigenvalue weighted by Gasteiger charge is -2.12. The maximum Gasteiger partial charge on any atom is 0.122 e. The van der Waals surface area contributed by atoms with Crippen LogP contribution in [0.25, 0.3) is 0 Å². The standard InChI is InChI=1S/C13H15NO2S/c1-8-6-10(16-3)4-5-11(8)13(15)12-7-17-9(2)14-12/h4-7,13,15H,1-3H3. The van der Waals surface area contributed by atoms with Gasteiger partial charge < -0.3 is 9.84 Å². The Labute approximate surface area is 105 Å². The van der Waals surface area contributed by atoms with Crippen LogP contribution in [-0.2, 0) is 0 Å². The molecule has 1 N–H and O–H groups in total. The van der Waals surface area contributed by atoms with Crippen LogP contribution in [0, 0.1) is 13.8 Å². The van der Waals surface area contributed by atoms with Crippen molar-refractivity contribution in [1.29, 1.82) is 0 Å². The Hall–Kier alpha value is -1.39. The summed E-state index contributed by atoms with van der Waals surface area (Å²) in [4.78, 5) is 4.31. The SMILES string of the molecule is COc1ccc(C(O)c2csc(C)n2)c(C)c1. The lowest BCUT2D eigenvalue weighted by atomic mass is 10.0. The smallest absolute Gasteiger partial charge is 0.122 e. The predicted molar refractivity (Wildman–Crippen MR) is 68.6 cm³/mol. The van der Waals surface area contributed by atoms with E-state index in [2.05, 4.69) is 4.98 Å². The van der Waals surface area contributed by atoms with Crippen molar-refractivity contribution in [2.45, 2.75) is 20.0 Å². The van der Waals surface area contributed by atoms with Crippen LogP contribution in [0.4, 0.5) is 0 Å². The van der Waals surface area contributed by atoms with Crippen molar-refractivity contribution >= 4 is 11.3 Å². The molecule has 0 saturated carbocycles. The number of ether oxygens (including phenoxy) is 1. The highest BCUT2D eigenvalue weighted by molar-refractivity contribution is 7.09. The topological polar surface area (TPSA) is 42.4 Å². The second kappa shape index (κ2) is 4.85. The molecule has 0 spiro atoms. The predicted octanol–water partition coefficient (Wildman–Crippen LogP) is 2.85. The molecule has 0 aliphatic rings. The number of aromatic nitrogens is 1. The second-order valence-electron chi connectivity index (χ2n) is 3.92.